The molecule has 0 aliphatic heterocycles. The number of carbonyl (C=O) groups excluding carboxylic acids is 2. The standard InChI is InChI=1S/C10H17NO3/c1-9(12)5-6-10(13)11-7-3-4-8-14-2/h4,8H,3,5-7H2,1-2H3,(H,11,13)/b8-4+. The van der Waals surface area contributed by atoms with Gasteiger partial charge in [-0.2, -0.15) is 0 Å². The second-order valence-electron chi connectivity index (χ2n) is 2.95. The lowest BCUT2D eigenvalue weighted by Gasteiger charge is -2.01. The van der Waals surface area contributed by atoms with Crippen LogP contribution in [0.4, 0.5) is 0 Å². The molecule has 4 heteroatoms. The lowest BCUT2D eigenvalue weighted by atomic mass is 10.2. The number of hydrogen-bond donors (Lipinski definition) is 1. The highest BCUT2D eigenvalue weighted by molar-refractivity contribution is 5.83. The third-order valence-electron chi connectivity index (χ3n) is 1.57. The molecule has 4 nitrogen and oxygen atoms in total. The van der Waals surface area contributed by atoms with Crippen molar-refractivity contribution in [1.82, 2.24) is 5.32 Å². The molecule has 0 aromatic carbocycles. The van der Waals surface area contributed by atoms with Gasteiger partial charge in [0.1, 0.15) is 5.78 Å². The van der Waals surface area contributed by atoms with E-state index in [1.165, 1.54) is 6.92 Å². The van der Waals surface area contributed by atoms with Crippen LogP contribution in [0.25, 0.3) is 0 Å². The van der Waals surface area contributed by atoms with Crippen LogP contribution in [0.15, 0.2) is 12.3 Å². The Labute approximate surface area is 84.3 Å². The molecule has 14 heavy (non-hydrogen) atoms. The number of ketones is 1. The molecule has 80 valence electrons. The number of hydrogen-bond acceptors (Lipinski definition) is 3. The number of amides is 1. The van der Waals surface area contributed by atoms with Gasteiger partial charge in [-0.15, -0.1) is 0 Å². The van der Waals surface area contributed by atoms with Crippen molar-refractivity contribution in [3.63, 3.8) is 0 Å². The Balaban J connectivity index is 3.35. The minimum Gasteiger partial charge on any atom is -0.505 e. The Bertz CT molecular complexity index is 211. The second kappa shape index (κ2) is 8.29. The fourth-order valence-electron chi connectivity index (χ4n) is 0.837. The average molecular weight is 199 g/mol. The lowest BCUT2D eigenvalue weighted by Crippen LogP contribution is -2.24. The summed E-state index contributed by atoms with van der Waals surface area (Å²) in [5, 5.41) is 2.70. The molecule has 0 radical (unpaired) electrons. The van der Waals surface area contributed by atoms with Gasteiger partial charge in [0, 0.05) is 19.4 Å². The van der Waals surface area contributed by atoms with Crippen LogP contribution < -0.4 is 5.32 Å². The van der Waals surface area contributed by atoms with Gasteiger partial charge in [-0.25, -0.2) is 0 Å². The number of carbonyl (C=O) groups is 2. The quantitative estimate of drug-likeness (QED) is 0.492. The van der Waals surface area contributed by atoms with Gasteiger partial charge in [0.05, 0.1) is 13.4 Å². The molecule has 0 spiro atoms. The van der Waals surface area contributed by atoms with E-state index in [2.05, 4.69) is 10.1 Å². The monoisotopic (exact) mass is 199 g/mol. The summed E-state index contributed by atoms with van der Waals surface area (Å²) in [7, 11) is 1.57. The second-order valence-corrected chi connectivity index (χ2v) is 2.95. The summed E-state index contributed by atoms with van der Waals surface area (Å²) in [6.07, 6.45) is 4.73. The fraction of sp³-hybridized carbons (Fsp3) is 0.600. The van der Waals surface area contributed by atoms with Crippen LogP contribution in [0, 0.1) is 0 Å². The normalized spacial score (nSPS) is 10.1. The van der Waals surface area contributed by atoms with E-state index >= 15 is 0 Å². The van der Waals surface area contributed by atoms with Crippen molar-refractivity contribution in [1.29, 1.82) is 0 Å². The highest BCUT2D eigenvalue weighted by Gasteiger charge is 2.01. The third kappa shape index (κ3) is 8.77. The van der Waals surface area contributed by atoms with Crippen molar-refractivity contribution in [2.45, 2.75) is 26.2 Å². The summed E-state index contributed by atoms with van der Waals surface area (Å²) < 4.78 is 4.69. The topological polar surface area (TPSA) is 55.4 Å². The van der Waals surface area contributed by atoms with Crippen LogP contribution >= 0.6 is 0 Å². The molecule has 0 aliphatic carbocycles. The summed E-state index contributed by atoms with van der Waals surface area (Å²) in [5.74, 6) is -0.0366. The molecule has 0 aromatic rings. The van der Waals surface area contributed by atoms with E-state index in [4.69, 9.17) is 0 Å². The van der Waals surface area contributed by atoms with E-state index in [0.717, 1.165) is 6.42 Å². The number of ether oxygens (including phenoxy) is 1. The van der Waals surface area contributed by atoms with Gasteiger partial charge in [0.2, 0.25) is 5.91 Å². The summed E-state index contributed by atoms with van der Waals surface area (Å²) in [6.45, 7) is 2.06. The molecule has 0 saturated carbocycles. The van der Waals surface area contributed by atoms with Gasteiger partial charge in [-0.3, -0.25) is 4.79 Å². The highest BCUT2D eigenvalue weighted by Crippen LogP contribution is 1.90. The van der Waals surface area contributed by atoms with E-state index < -0.39 is 0 Å². The Hall–Kier alpha value is -1.32. The van der Waals surface area contributed by atoms with E-state index in [1.54, 1.807) is 13.4 Å². The molecule has 0 atom stereocenters. The first-order chi connectivity index (χ1) is 6.66. The van der Waals surface area contributed by atoms with Crippen molar-refractivity contribution in [3.05, 3.63) is 12.3 Å². The summed E-state index contributed by atoms with van der Waals surface area (Å²) >= 11 is 0. The molecule has 0 aliphatic rings. The zero-order chi connectivity index (χ0) is 10.8. The Kier molecular flexibility index (Phi) is 7.50. The van der Waals surface area contributed by atoms with E-state index in [-0.39, 0.29) is 18.1 Å². The van der Waals surface area contributed by atoms with Gasteiger partial charge in [0.15, 0.2) is 0 Å². The maximum atomic E-state index is 11.1. The maximum Gasteiger partial charge on any atom is 0.220 e. The predicted octanol–water partition coefficient (Wildman–Crippen LogP) is 1.02. The van der Waals surface area contributed by atoms with Crippen molar-refractivity contribution in [2.75, 3.05) is 13.7 Å². The SMILES string of the molecule is CO/C=C/CCNC(=O)CCC(C)=O. The molecular formula is C10H17NO3. The number of methoxy groups -OCH3 is 1. The highest BCUT2D eigenvalue weighted by atomic mass is 16.5. The number of Topliss-reactive ketones (excluding diaryl/α,β-unsaturated/α-hetero) is 1. The van der Waals surface area contributed by atoms with Crippen molar-refractivity contribution >= 4 is 11.7 Å². The first-order valence-electron chi connectivity index (χ1n) is 4.60. The van der Waals surface area contributed by atoms with Crippen LogP contribution in [-0.2, 0) is 14.3 Å². The predicted molar refractivity (Wildman–Crippen MR) is 53.7 cm³/mol. The zero-order valence-corrected chi connectivity index (χ0v) is 8.71. The van der Waals surface area contributed by atoms with Crippen LogP contribution in [-0.4, -0.2) is 25.3 Å². The van der Waals surface area contributed by atoms with Crippen LogP contribution in [0.1, 0.15) is 26.2 Å². The van der Waals surface area contributed by atoms with Gasteiger partial charge in [-0.1, -0.05) is 0 Å². The first-order valence-corrected chi connectivity index (χ1v) is 4.60. The minimum absolute atomic E-state index is 0.0411. The average Bonchev–Trinajstić information content (AvgIpc) is 2.14. The molecule has 0 saturated heterocycles. The van der Waals surface area contributed by atoms with Gasteiger partial charge in [-0.05, 0) is 19.4 Å². The van der Waals surface area contributed by atoms with E-state index in [0.29, 0.717) is 13.0 Å². The van der Waals surface area contributed by atoms with E-state index in [9.17, 15) is 9.59 Å². The van der Waals surface area contributed by atoms with Crippen molar-refractivity contribution < 1.29 is 14.3 Å². The first kappa shape index (κ1) is 12.7. The fourth-order valence-corrected chi connectivity index (χ4v) is 0.837. The summed E-state index contributed by atoms with van der Waals surface area (Å²) in [5.41, 5.74) is 0. The molecule has 1 amide bonds. The number of nitrogens with one attached hydrogen (secondary N) is 1. The Morgan fingerprint density at radius 2 is 2.07 bits per heavy atom. The van der Waals surface area contributed by atoms with Gasteiger partial charge in [0.25, 0.3) is 0 Å². The van der Waals surface area contributed by atoms with Crippen molar-refractivity contribution in [3.8, 4) is 0 Å². The maximum absolute atomic E-state index is 11.1. The molecule has 1 N–H and O–H groups in total. The molecule has 0 fully saturated rings. The summed E-state index contributed by atoms with van der Waals surface area (Å²) in [4.78, 5) is 21.6. The molecule has 0 rings (SSSR count). The smallest absolute Gasteiger partial charge is 0.220 e. The third-order valence-corrected chi connectivity index (χ3v) is 1.57. The molecule has 0 unspecified atom stereocenters. The van der Waals surface area contributed by atoms with Crippen LogP contribution in [0.3, 0.4) is 0 Å². The number of rotatable bonds is 7. The molecular weight excluding hydrogens is 182 g/mol. The lowest BCUT2D eigenvalue weighted by molar-refractivity contribution is -0.124. The molecule has 0 aromatic heterocycles. The minimum atomic E-state index is -0.0778. The van der Waals surface area contributed by atoms with E-state index in [1.807, 2.05) is 6.08 Å². The van der Waals surface area contributed by atoms with Crippen LogP contribution in [0.5, 0.6) is 0 Å². The van der Waals surface area contributed by atoms with Crippen LogP contribution in [0.2, 0.25) is 0 Å². The van der Waals surface area contributed by atoms with Crippen molar-refractivity contribution in [2.24, 2.45) is 0 Å². The Morgan fingerprint density at radius 1 is 1.36 bits per heavy atom. The molecule has 0 heterocycles. The van der Waals surface area contributed by atoms with Gasteiger partial charge >= 0.3 is 0 Å². The zero-order valence-electron chi connectivity index (χ0n) is 8.71. The Morgan fingerprint density at radius 3 is 2.64 bits per heavy atom. The largest absolute Gasteiger partial charge is 0.505 e. The van der Waals surface area contributed by atoms with Gasteiger partial charge < -0.3 is 14.8 Å². The summed E-state index contributed by atoms with van der Waals surface area (Å²) in [6, 6.07) is 0. The molecule has 0 bridgehead atoms.